The minimum atomic E-state index is -3.03. The Morgan fingerprint density at radius 2 is 1.71 bits per heavy atom. The molecule has 3 amide bonds. The Morgan fingerprint density at radius 3 is 2.36 bits per heavy atom. The number of aliphatic hydroxyl groups is 1. The average molecular weight is 756 g/mol. The van der Waals surface area contributed by atoms with Gasteiger partial charge < -0.3 is 20.2 Å². The van der Waals surface area contributed by atoms with E-state index in [0.29, 0.717) is 48.0 Å². The number of anilines is 2. The third-order valence-corrected chi connectivity index (χ3v) is 12.0. The molecule has 0 spiro atoms. The molecule has 5 aliphatic heterocycles. The van der Waals surface area contributed by atoms with Gasteiger partial charge >= 0.3 is 0 Å². The summed E-state index contributed by atoms with van der Waals surface area (Å²) < 4.78 is 30.5. The van der Waals surface area contributed by atoms with Crippen LogP contribution in [0.15, 0.2) is 75.1 Å². The van der Waals surface area contributed by atoms with Crippen LogP contribution in [0.1, 0.15) is 69.4 Å². The number of nitrogens with one attached hydrogen (secondary N) is 2. The monoisotopic (exact) mass is 755 g/mol. The molecule has 4 fully saturated rings. The second kappa shape index (κ2) is 14.9. The van der Waals surface area contributed by atoms with E-state index in [9.17, 15) is 19.5 Å². The first-order chi connectivity index (χ1) is 26.4. The summed E-state index contributed by atoms with van der Waals surface area (Å²) >= 11 is 0. The van der Waals surface area contributed by atoms with E-state index in [0.717, 1.165) is 63.1 Å². The summed E-state index contributed by atoms with van der Waals surface area (Å²) in [6.07, 6.45) is 7.59. The summed E-state index contributed by atoms with van der Waals surface area (Å²) in [6, 6.07) is 10.1. The van der Waals surface area contributed by atoms with Crippen molar-refractivity contribution < 1.29 is 28.3 Å². The number of hydrogen-bond acceptors (Lipinski definition) is 11. The second-order valence-corrected chi connectivity index (χ2v) is 15.5. The van der Waals surface area contributed by atoms with Gasteiger partial charge in [0.15, 0.2) is 6.17 Å². The highest BCUT2D eigenvalue weighted by atomic mass is 19.3. The van der Waals surface area contributed by atoms with Crippen molar-refractivity contribution in [3.63, 3.8) is 0 Å². The molecule has 15 heteroatoms. The molecule has 6 aliphatic rings. The number of fused-ring (bicyclic) bond motifs is 1. The fourth-order valence-corrected chi connectivity index (χ4v) is 8.85. The number of imide groups is 1. The molecule has 0 radical (unpaired) electrons. The van der Waals surface area contributed by atoms with Crippen LogP contribution in [-0.4, -0.2) is 119 Å². The number of allylic oxidation sites excluding steroid dienone is 1. The molecule has 1 aliphatic carbocycles. The number of hydrogen-bond donors (Lipinski definition) is 3. The number of benzene rings is 1. The zero-order chi connectivity index (χ0) is 38.4. The number of pyridine rings is 1. The maximum absolute atomic E-state index is 15.3. The van der Waals surface area contributed by atoms with Crippen molar-refractivity contribution in [1.29, 1.82) is 0 Å². The van der Waals surface area contributed by atoms with Crippen molar-refractivity contribution in [1.82, 2.24) is 25.0 Å². The Kier molecular flexibility index (Phi) is 10.0. The van der Waals surface area contributed by atoms with Crippen molar-refractivity contribution in [3.05, 3.63) is 76.2 Å². The lowest BCUT2D eigenvalue weighted by molar-refractivity contribution is -0.134. The number of aliphatic hydroxyl groups excluding tert-OH is 1. The molecular weight excluding hydrogens is 708 g/mol. The number of carbonyl (C=O) groups is 3. The molecule has 8 rings (SSSR count). The summed E-state index contributed by atoms with van der Waals surface area (Å²) in [5.74, 6) is -3.43. The van der Waals surface area contributed by atoms with Crippen LogP contribution in [0.3, 0.4) is 0 Å². The van der Waals surface area contributed by atoms with Gasteiger partial charge in [0.1, 0.15) is 11.6 Å². The Balaban J connectivity index is 0.820. The molecule has 55 heavy (non-hydrogen) atoms. The Labute approximate surface area is 318 Å². The zero-order valence-electron chi connectivity index (χ0n) is 31.2. The minimum Gasteiger partial charge on any atom is -0.512 e. The van der Waals surface area contributed by atoms with E-state index in [-0.39, 0.29) is 54.1 Å². The smallest absolute Gasteiger partial charge is 0.285 e. The van der Waals surface area contributed by atoms with Crippen LogP contribution in [0.2, 0.25) is 0 Å². The first-order valence-electron chi connectivity index (χ1n) is 19.3. The number of aliphatic imine (C=N–C) groups is 2. The van der Waals surface area contributed by atoms with Crippen LogP contribution in [0.25, 0.3) is 0 Å². The molecule has 2 atom stereocenters. The molecular formula is C40H47F2N9O4. The van der Waals surface area contributed by atoms with Crippen molar-refractivity contribution in [2.45, 2.75) is 82.5 Å². The summed E-state index contributed by atoms with van der Waals surface area (Å²) in [5, 5.41) is 15.9. The molecule has 0 bridgehead atoms. The highest BCUT2D eigenvalue weighted by Crippen LogP contribution is 2.38. The molecule has 1 aromatic carbocycles. The van der Waals surface area contributed by atoms with E-state index < -0.39 is 18.0 Å². The number of halogens is 2. The van der Waals surface area contributed by atoms with Gasteiger partial charge in [0.05, 0.1) is 29.9 Å². The largest absolute Gasteiger partial charge is 0.512 e. The molecule has 2 unspecified atom stereocenters. The topological polar surface area (TPSA) is 146 Å². The minimum absolute atomic E-state index is 0.00621. The van der Waals surface area contributed by atoms with Gasteiger partial charge in [-0.1, -0.05) is 37.1 Å². The van der Waals surface area contributed by atoms with Gasteiger partial charge in [0, 0.05) is 75.1 Å². The third kappa shape index (κ3) is 7.39. The quantitative estimate of drug-likeness (QED) is 0.204. The first-order valence-corrected chi connectivity index (χ1v) is 19.3. The number of nitrogens with zero attached hydrogens (tertiary/aromatic N) is 7. The third-order valence-electron chi connectivity index (χ3n) is 12.0. The predicted octanol–water partition coefficient (Wildman–Crippen LogP) is 4.31. The van der Waals surface area contributed by atoms with E-state index in [1.807, 2.05) is 30.2 Å². The highest BCUT2D eigenvalue weighted by molar-refractivity contribution is 6.09. The number of alkyl halides is 2. The Bertz CT molecular complexity index is 1960. The van der Waals surface area contributed by atoms with E-state index >= 15 is 8.78 Å². The lowest BCUT2D eigenvalue weighted by atomic mass is 9.89. The van der Waals surface area contributed by atoms with Crippen LogP contribution in [0.4, 0.5) is 20.3 Å². The molecule has 13 nitrogen and oxygen atoms in total. The number of amides is 3. The van der Waals surface area contributed by atoms with Gasteiger partial charge in [0.2, 0.25) is 17.8 Å². The maximum Gasteiger partial charge on any atom is 0.285 e. The number of aromatic nitrogens is 1. The lowest BCUT2D eigenvalue weighted by Gasteiger charge is -2.49. The molecule has 1 saturated carbocycles. The molecule has 6 heterocycles. The number of guanidine groups is 1. The molecule has 3 N–H and O–H groups in total. The summed E-state index contributed by atoms with van der Waals surface area (Å²) in [4.78, 5) is 59.5. The second-order valence-electron chi connectivity index (χ2n) is 15.5. The number of piperazine rings is 1. The fourth-order valence-electron chi connectivity index (χ4n) is 8.85. The Hall–Kier alpha value is -5.02. The van der Waals surface area contributed by atoms with Gasteiger partial charge in [-0.15, -0.1) is 0 Å². The lowest BCUT2D eigenvalue weighted by Crippen LogP contribution is -2.64. The fraction of sp³-hybridized carbons (Fsp3) is 0.500. The van der Waals surface area contributed by atoms with Crippen LogP contribution >= 0.6 is 0 Å². The molecule has 1 aromatic heterocycles. The SMILES string of the molecule is CC1=C2C=NC(Nc3ccc(N4CCN(C5CN(CC(F)(F)c6ccc(C7CCC(=O)NC7=O)cc6)C5)CC4)cn3)=NC2N(C2CCCC2)C(=O)/C1=C(\C)O. The molecule has 290 valence electrons. The van der Waals surface area contributed by atoms with Gasteiger partial charge in [-0.05, 0) is 56.4 Å². The predicted molar refractivity (Wildman–Crippen MR) is 204 cm³/mol. The molecule has 2 aromatic rings. The number of piperidine rings is 1. The number of rotatable bonds is 8. The highest BCUT2D eigenvalue weighted by Gasteiger charge is 2.43. The van der Waals surface area contributed by atoms with Gasteiger partial charge in [0.25, 0.3) is 11.8 Å². The van der Waals surface area contributed by atoms with E-state index in [1.54, 1.807) is 30.2 Å². The molecule has 3 saturated heterocycles. The van der Waals surface area contributed by atoms with Crippen LogP contribution in [0.5, 0.6) is 0 Å². The number of likely N-dealkylation sites (tertiary alicyclic amines) is 1. The zero-order valence-corrected chi connectivity index (χ0v) is 31.2. The van der Waals surface area contributed by atoms with E-state index in [2.05, 4.69) is 30.4 Å². The van der Waals surface area contributed by atoms with E-state index in [1.165, 1.54) is 12.1 Å². The Morgan fingerprint density at radius 1 is 0.982 bits per heavy atom. The summed E-state index contributed by atoms with van der Waals surface area (Å²) in [5.41, 5.74) is 3.39. The average Bonchev–Trinajstić information content (AvgIpc) is 3.68. The van der Waals surface area contributed by atoms with E-state index in [4.69, 9.17) is 4.99 Å². The van der Waals surface area contributed by atoms with Gasteiger partial charge in [-0.3, -0.25) is 29.5 Å². The van der Waals surface area contributed by atoms with Crippen molar-refractivity contribution >= 4 is 41.4 Å². The van der Waals surface area contributed by atoms with Gasteiger partial charge in [-0.2, -0.15) is 8.78 Å². The van der Waals surface area contributed by atoms with Crippen LogP contribution in [0, 0.1) is 0 Å². The van der Waals surface area contributed by atoms with Crippen molar-refractivity contribution in [2.24, 2.45) is 9.98 Å². The van der Waals surface area contributed by atoms with Gasteiger partial charge in [-0.25, -0.2) is 15.0 Å². The summed E-state index contributed by atoms with van der Waals surface area (Å²) in [6.45, 7) is 7.42. The van der Waals surface area contributed by atoms with Crippen LogP contribution < -0.4 is 15.5 Å². The maximum atomic E-state index is 15.3. The summed E-state index contributed by atoms with van der Waals surface area (Å²) in [7, 11) is 0. The number of carbonyl (C=O) groups excluding carboxylic acids is 3. The van der Waals surface area contributed by atoms with Crippen molar-refractivity contribution in [3.8, 4) is 0 Å². The standard InChI is InChI=1S/C40H47F2N9O4/c1-24-32-20-44-39(47-36(32)51(28-5-3-4-6-28)38(55)35(24)25(2)52)45-33-13-11-29(19-43-33)49-15-17-50(18-16-49)30-21-48(22-30)23-40(41,42)27-9-7-26(8-10-27)31-12-14-34(53)46-37(31)54/h7-11,13,19-20,28,30-31,36,52H,3-6,12,14-18,21-23H2,1-2H3,(H,43,45,47)(H,46,53,54)/b35-25+. The first kappa shape index (κ1) is 36.9. The van der Waals surface area contributed by atoms with Crippen molar-refractivity contribution in [2.75, 3.05) is 56.0 Å². The normalized spacial score (nSPS) is 25.5. The van der Waals surface area contributed by atoms with Crippen LogP contribution in [-0.2, 0) is 20.3 Å².